The topological polar surface area (TPSA) is 96.7 Å². The van der Waals surface area contributed by atoms with E-state index in [9.17, 15) is 4.79 Å². The Morgan fingerprint density at radius 2 is 2.03 bits per heavy atom. The van der Waals surface area contributed by atoms with Gasteiger partial charge in [0.15, 0.2) is 0 Å². The van der Waals surface area contributed by atoms with Gasteiger partial charge in [-0.1, -0.05) is 0 Å². The minimum Gasteiger partial charge on any atom is -0.483 e. The molecule has 1 amide bonds. The molecule has 0 aliphatic carbocycles. The highest BCUT2D eigenvalue weighted by Crippen LogP contribution is 2.34. The van der Waals surface area contributed by atoms with E-state index >= 15 is 0 Å². The molecule has 2 N–H and O–H groups in total. The second-order valence-electron chi connectivity index (χ2n) is 8.16. The summed E-state index contributed by atoms with van der Waals surface area (Å²) in [5, 5.41) is 10.0. The van der Waals surface area contributed by atoms with E-state index in [0.717, 1.165) is 57.2 Å². The number of nitrogens with zero attached hydrogens (tertiary/aromatic N) is 3. The molecule has 9 heteroatoms. The number of imidazole rings is 1. The molecule has 3 saturated heterocycles. The first-order valence-corrected chi connectivity index (χ1v) is 11.8. The van der Waals surface area contributed by atoms with Crippen molar-refractivity contribution in [3.8, 4) is 0 Å². The van der Waals surface area contributed by atoms with E-state index in [4.69, 9.17) is 14.6 Å². The number of aromatic nitrogens is 2. The quantitative estimate of drug-likeness (QED) is 0.711. The third-order valence-corrected chi connectivity index (χ3v) is 7.52. The zero-order valence-electron chi connectivity index (χ0n) is 16.7. The smallest absolute Gasteiger partial charge is 0.290 e. The van der Waals surface area contributed by atoms with Gasteiger partial charge in [0, 0.05) is 38.3 Å². The van der Waals surface area contributed by atoms with E-state index in [1.54, 1.807) is 0 Å². The molecule has 8 nitrogen and oxygen atoms in total. The summed E-state index contributed by atoms with van der Waals surface area (Å²) >= 11 is 2.08. The van der Waals surface area contributed by atoms with E-state index in [1.165, 1.54) is 24.3 Å². The number of carboxylic acid groups (broad SMARTS) is 1. The first-order valence-electron chi connectivity index (χ1n) is 10.6. The number of amides is 1. The van der Waals surface area contributed by atoms with Crippen LogP contribution in [0.4, 0.5) is 0 Å². The summed E-state index contributed by atoms with van der Waals surface area (Å²) in [5.74, 6) is 3.62. The number of rotatable bonds is 3. The fourth-order valence-electron chi connectivity index (χ4n) is 5.00. The Morgan fingerprint density at radius 1 is 1.24 bits per heavy atom. The molecule has 1 aromatic heterocycles. The van der Waals surface area contributed by atoms with Crippen LogP contribution in [0.2, 0.25) is 0 Å². The predicted octanol–water partition coefficient (Wildman–Crippen LogP) is 1.39. The number of fused-ring (bicyclic) bond motifs is 3. The lowest BCUT2D eigenvalue weighted by atomic mass is 9.95. The van der Waals surface area contributed by atoms with Crippen molar-refractivity contribution in [2.75, 3.05) is 24.6 Å². The zero-order valence-corrected chi connectivity index (χ0v) is 17.5. The molecule has 3 atom stereocenters. The first-order chi connectivity index (χ1) is 14.2. The summed E-state index contributed by atoms with van der Waals surface area (Å²) in [6.07, 6.45) is 9.26. The highest BCUT2D eigenvalue weighted by molar-refractivity contribution is 7.99. The van der Waals surface area contributed by atoms with Crippen molar-refractivity contribution in [1.82, 2.24) is 19.8 Å². The van der Waals surface area contributed by atoms with E-state index in [2.05, 4.69) is 31.5 Å². The van der Waals surface area contributed by atoms with Gasteiger partial charge < -0.3 is 19.7 Å². The molecule has 5 heterocycles. The van der Waals surface area contributed by atoms with Crippen LogP contribution in [0.1, 0.15) is 48.4 Å². The molecular weight excluding hydrogens is 392 g/mol. The maximum absolute atomic E-state index is 12.6. The summed E-state index contributed by atoms with van der Waals surface area (Å²) in [7, 11) is 0. The lowest BCUT2D eigenvalue weighted by Gasteiger charge is -2.32. The standard InChI is InChI=1S/C19H28N4O2S.CH2O2/c24-19(21-15-11-14-1-2-17(15)25-14)16-12-23-8-7-22(6-3-18(23)20-16)13-4-9-26-10-5-13;2-1-3/h12-15,17H,1-11H2,(H,21,24);1H,(H,2,3)/t14-,15+,17+;/m0./s1. The minimum absolute atomic E-state index is 0.0344. The SMILES string of the molecule is O=C(N[C@@H]1C[C@@H]2CC[C@H]1O2)c1cn2c(n1)CCN(C1CCSCC1)CC2.O=CO. The molecule has 29 heavy (non-hydrogen) atoms. The Balaban J connectivity index is 0.000000645. The average Bonchev–Trinajstić information content (AvgIpc) is 3.43. The summed E-state index contributed by atoms with van der Waals surface area (Å²) < 4.78 is 8.04. The first kappa shape index (κ1) is 20.7. The molecule has 1 aromatic rings. The predicted molar refractivity (Wildman–Crippen MR) is 110 cm³/mol. The van der Waals surface area contributed by atoms with Crippen molar-refractivity contribution in [3.63, 3.8) is 0 Å². The summed E-state index contributed by atoms with van der Waals surface area (Å²) in [5.41, 5.74) is 0.574. The Hall–Kier alpha value is -1.58. The zero-order chi connectivity index (χ0) is 20.2. The van der Waals surface area contributed by atoms with Crippen LogP contribution in [-0.2, 0) is 22.5 Å². The normalized spacial score (nSPS) is 29.4. The molecule has 0 saturated carbocycles. The number of ether oxygens (including phenoxy) is 1. The lowest BCUT2D eigenvalue weighted by Crippen LogP contribution is -2.41. The van der Waals surface area contributed by atoms with Crippen LogP contribution in [0.3, 0.4) is 0 Å². The number of carbonyl (C=O) groups excluding carboxylic acids is 1. The number of carbonyl (C=O) groups is 2. The van der Waals surface area contributed by atoms with Crippen LogP contribution in [0.25, 0.3) is 0 Å². The fraction of sp³-hybridized carbons (Fsp3) is 0.750. The number of nitrogens with one attached hydrogen (secondary N) is 1. The average molecular weight is 423 g/mol. The molecule has 2 bridgehead atoms. The molecule has 3 fully saturated rings. The van der Waals surface area contributed by atoms with Gasteiger partial charge in [0.2, 0.25) is 0 Å². The molecule has 0 aromatic carbocycles. The number of hydrogen-bond acceptors (Lipinski definition) is 6. The van der Waals surface area contributed by atoms with Gasteiger partial charge in [-0.2, -0.15) is 11.8 Å². The van der Waals surface area contributed by atoms with Crippen LogP contribution < -0.4 is 5.32 Å². The van der Waals surface area contributed by atoms with Crippen LogP contribution in [0, 0.1) is 0 Å². The molecule has 4 aliphatic heterocycles. The third-order valence-electron chi connectivity index (χ3n) is 6.47. The maximum atomic E-state index is 12.6. The fourth-order valence-corrected chi connectivity index (χ4v) is 6.08. The van der Waals surface area contributed by atoms with Gasteiger partial charge in [0.1, 0.15) is 11.5 Å². The largest absolute Gasteiger partial charge is 0.483 e. The second kappa shape index (κ2) is 9.49. The summed E-state index contributed by atoms with van der Waals surface area (Å²) in [6, 6.07) is 0.906. The maximum Gasteiger partial charge on any atom is 0.290 e. The highest BCUT2D eigenvalue weighted by Gasteiger charge is 2.41. The van der Waals surface area contributed by atoms with E-state index in [-0.39, 0.29) is 24.5 Å². The van der Waals surface area contributed by atoms with Crippen LogP contribution in [-0.4, -0.2) is 80.8 Å². The monoisotopic (exact) mass is 422 g/mol. The van der Waals surface area contributed by atoms with Crippen molar-refractivity contribution in [3.05, 3.63) is 17.7 Å². The van der Waals surface area contributed by atoms with Crippen molar-refractivity contribution in [2.24, 2.45) is 0 Å². The molecule has 0 radical (unpaired) electrons. The second-order valence-corrected chi connectivity index (χ2v) is 9.38. The Kier molecular flexibility index (Phi) is 6.77. The van der Waals surface area contributed by atoms with Gasteiger partial charge >= 0.3 is 0 Å². The van der Waals surface area contributed by atoms with Crippen LogP contribution in [0.15, 0.2) is 6.20 Å². The Morgan fingerprint density at radius 3 is 2.72 bits per heavy atom. The van der Waals surface area contributed by atoms with Gasteiger partial charge in [-0.3, -0.25) is 14.5 Å². The van der Waals surface area contributed by atoms with Gasteiger partial charge in [-0.25, -0.2) is 4.98 Å². The molecule has 5 rings (SSSR count). The van der Waals surface area contributed by atoms with Crippen LogP contribution in [0.5, 0.6) is 0 Å². The van der Waals surface area contributed by atoms with Crippen molar-refractivity contribution < 1.29 is 19.4 Å². The van der Waals surface area contributed by atoms with Gasteiger partial charge in [0.25, 0.3) is 12.4 Å². The van der Waals surface area contributed by atoms with Crippen molar-refractivity contribution >= 4 is 24.1 Å². The number of hydrogen-bond donors (Lipinski definition) is 2. The molecular formula is C20H30N4O4S. The molecule has 160 valence electrons. The lowest BCUT2D eigenvalue weighted by molar-refractivity contribution is -0.122. The molecule has 0 spiro atoms. The summed E-state index contributed by atoms with van der Waals surface area (Å²) in [4.78, 5) is 28.3. The van der Waals surface area contributed by atoms with E-state index in [0.29, 0.717) is 11.8 Å². The van der Waals surface area contributed by atoms with Crippen molar-refractivity contribution in [1.29, 1.82) is 0 Å². The van der Waals surface area contributed by atoms with Crippen LogP contribution >= 0.6 is 11.8 Å². The Labute approximate surface area is 175 Å². The van der Waals surface area contributed by atoms with E-state index < -0.39 is 0 Å². The van der Waals surface area contributed by atoms with Crippen molar-refractivity contribution in [2.45, 2.75) is 69.4 Å². The Bertz CT molecular complexity index is 696. The number of thioether (sulfide) groups is 1. The highest BCUT2D eigenvalue weighted by atomic mass is 32.2. The van der Waals surface area contributed by atoms with Gasteiger partial charge in [0.05, 0.1) is 18.2 Å². The summed E-state index contributed by atoms with van der Waals surface area (Å²) in [6.45, 7) is 2.82. The van der Waals surface area contributed by atoms with Gasteiger partial charge in [-0.05, 0) is 43.6 Å². The van der Waals surface area contributed by atoms with Gasteiger partial charge in [-0.15, -0.1) is 0 Å². The molecule has 4 aliphatic rings. The molecule has 0 unspecified atom stereocenters. The third kappa shape index (κ3) is 4.78. The minimum atomic E-state index is -0.250. The van der Waals surface area contributed by atoms with E-state index in [1.807, 2.05) is 6.20 Å².